The third-order valence-electron chi connectivity index (χ3n) is 7.19. The van der Waals surface area contributed by atoms with Gasteiger partial charge < -0.3 is 15.2 Å². The minimum absolute atomic E-state index is 0.172. The highest BCUT2D eigenvalue weighted by molar-refractivity contribution is 7.92. The summed E-state index contributed by atoms with van der Waals surface area (Å²) in [7, 11) is 0.278. The van der Waals surface area contributed by atoms with Gasteiger partial charge >= 0.3 is 0 Å². The first-order valence-corrected chi connectivity index (χ1v) is 15.4. The Morgan fingerprint density at radius 2 is 1.81 bits per heavy atom. The molecule has 0 spiro atoms. The van der Waals surface area contributed by atoms with E-state index in [1.807, 2.05) is 81.5 Å². The molecule has 6 rings (SSSR count). The number of aryl methyl sites for hydroxylation is 1. The summed E-state index contributed by atoms with van der Waals surface area (Å²) in [4.78, 5) is 27.9. The lowest BCUT2D eigenvalue weighted by Crippen LogP contribution is -2.29. The van der Waals surface area contributed by atoms with Crippen LogP contribution in [0, 0.1) is 6.92 Å². The van der Waals surface area contributed by atoms with Crippen LogP contribution in [-0.2, 0) is 10.0 Å². The summed E-state index contributed by atoms with van der Waals surface area (Å²) in [6.07, 6.45) is 6.18. The van der Waals surface area contributed by atoms with Crippen molar-refractivity contribution in [2.45, 2.75) is 19.9 Å². The van der Waals surface area contributed by atoms with E-state index in [1.165, 1.54) is 6.33 Å². The van der Waals surface area contributed by atoms with Gasteiger partial charge in [-0.25, -0.2) is 22.9 Å². The van der Waals surface area contributed by atoms with Crippen molar-refractivity contribution in [3.63, 3.8) is 0 Å². The molecular formula is C30H31N9O3S. The van der Waals surface area contributed by atoms with Crippen molar-refractivity contribution in [2.24, 2.45) is 0 Å². The van der Waals surface area contributed by atoms with Crippen LogP contribution in [0.2, 0.25) is 0 Å². The molecule has 2 aromatic carbocycles. The van der Waals surface area contributed by atoms with Gasteiger partial charge in [0.25, 0.3) is 5.56 Å². The van der Waals surface area contributed by atoms with Gasteiger partial charge in [-0.1, -0.05) is 18.2 Å². The number of fused-ring (bicyclic) bond motifs is 2. The summed E-state index contributed by atoms with van der Waals surface area (Å²) in [6, 6.07) is 16.3. The fourth-order valence-corrected chi connectivity index (χ4v) is 5.75. The first kappa shape index (κ1) is 28.0. The third kappa shape index (κ3) is 5.30. The second-order valence-corrected chi connectivity index (χ2v) is 12.4. The number of nitrogens with zero attached hydrogens (tertiary/aromatic N) is 6. The minimum atomic E-state index is -3.50. The van der Waals surface area contributed by atoms with E-state index in [1.54, 1.807) is 27.4 Å². The van der Waals surface area contributed by atoms with E-state index in [-0.39, 0.29) is 5.56 Å². The Morgan fingerprint density at radius 3 is 2.53 bits per heavy atom. The topological polar surface area (TPSA) is 142 Å². The number of anilines is 3. The fraction of sp³-hybridized carbons (Fsp3) is 0.200. The Morgan fingerprint density at radius 1 is 1.05 bits per heavy atom. The molecule has 3 N–H and O–H groups in total. The monoisotopic (exact) mass is 597 g/mol. The molecular weight excluding hydrogens is 566 g/mol. The van der Waals surface area contributed by atoms with E-state index in [0.29, 0.717) is 39.6 Å². The van der Waals surface area contributed by atoms with Crippen molar-refractivity contribution in [3.8, 4) is 16.8 Å². The molecule has 0 fully saturated rings. The standard InChI is InChI=1S/C30H31N9O3S/c1-18-11-12-38-26(18)30(40)39(22-9-7-6-8-10-22)29(35-38)19(2)34-28-25-24(16-31-27(25)32-17-33-28)20-13-21(36-43(5,41)42)15-23(14-20)37(3)4/h6-17,19,36H,1-5H3,(H2,31,32,33,34). The Bertz CT molecular complexity index is 2150. The Hall–Kier alpha value is -5.17. The number of hydrogen-bond donors (Lipinski definition) is 3. The average Bonchev–Trinajstić information content (AvgIpc) is 3.56. The molecule has 12 nitrogen and oxygen atoms in total. The average molecular weight is 598 g/mol. The molecule has 0 amide bonds. The zero-order valence-electron chi connectivity index (χ0n) is 24.3. The number of sulfonamides is 1. The summed E-state index contributed by atoms with van der Waals surface area (Å²) < 4.78 is 29.9. The maximum absolute atomic E-state index is 13.8. The van der Waals surface area contributed by atoms with Crippen molar-refractivity contribution in [2.75, 3.05) is 35.3 Å². The number of rotatable bonds is 8. The highest BCUT2D eigenvalue weighted by Crippen LogP contribution is 2.36. The number of nitrogens with one attached hydrogen (secondary N) is 3. The number of aromatic amines is 1. The summed E-state index contributed by atoms with van der Waals surface area (Å²) in [6.45, 7) is 3.81. The van der Waals surface area contributed by atoms with Gasteiger partial charge in [-0.05, 0) is 61.4 Å². The summed E-state index contributed by atoms with van der Waals surface area (Å²) in [5.41, 5.74) is 5.26. The van der Waals surface area contributed by atoms with Crippen LogP contribution in [0.1, 0.15) is 24.4 Å². The molecule has 1 atom stereocenters. The Kier molecular flexibility index (Phi) is 6.89. The van der Waals surface area contributed by atoms with Crippen LogP contribution < -0.4 is 20.5 Å². The minimum Gasteiger partial charge on any atom is -0.378 e. The molecule has 0 radical (unpaired) electrons. The fourth-order valence-electron chi connectivity index (χ4n) is 5.21. The lowest BCUT2D eigenvalue weighted by Gasteiger charge is -2.20. The van der Waals surface area contributed by atoms with E-state index in [0.717, 1.165) is 28.6 Å². The number of benzene rings is 2. The van der Waals surface area contributed by atoms with E-state index in [4.69, 9.17) is 5.10 Å². The molecule has 0 bridgehead atoms. The molecule has 4 heterocycles. The molecule has 0 saturated heterocycles. The molecule has 4 aromatic heterocycles. The van der Waals surface area contributed by atoms with Crippen LogP contribution in [-0.4, -0.2) is 57.9 Å². The molecule has 6 aromatic rings. The van der Waals surface area contributed by atoms with Crippen molar-refractivity contribution < 1.29 is 8.42 Å². The predicted molar refractivity (Wildman–Crippen MR) is 170 cm³/mol. The largest absolute Gasteiger partial charge is 0.378 e. The van der Waals surface area contributed by atoms with Crippen molar-refractivity contribution in [1.29, 1.82) is 0 Å². The molecule has 220 valence electrons. The Balaban J connectivity index is 1.48. The lowest BCUT2D eigenvalue weighted by atomic mass is 10.0. The summed E-state index contributed by atoms with van der Waals surface area (Å²) in [5.74, 6) is 1.02. The van der Waals surface area contributed by atoms with Gasteiger partial charge in [0.1, 0.15) is 23.3 Å². The number of hydrogen-bond acceptors (Lipinski definition) is 8. The van der Waals surface area contributed by atoms with Crippen molar-refractivity contribution >= 4 is 43.8 Å². The van der Waals surface area contributed by atoms with Crippen LogP contribution in [0.4, 0.5) is 17.2 Å². The highest BCUT2D eigenvalue weighted by Gasteiger charge is 2.22. The van der Waals surface area contributed by atoms with Crippen LogP contribution >= 0.6 is 0 Å². The molecule has 0 aliphatic rings. The normalized spacial score (nSPS) is 12.5. The van der Waals surface area contributed by atoms with E-state index in [9.17, 15) is 13.2 Å². The summed E-state index contributed by atoms with van der Waals surface area (Å²) >= 11 is 0. The van der Waals surface area contributed by atoms with Crippen LogP contribution in [0.3, 0.4) is 0 Å². The zero-order chi connectivity index (χ0) is 30.5. The van der Waals surface area contributed by atoms with Gasteiger partial charge in [-0.15, -0.1) is 0 Å². The molecule has 0 saturated carbocycles. The maximum Gasteiger partial charge on any atom is 0.282 e. The highest BCUT2D eigenvalue weighted by atomic mass is 32.2. The second-order valence-electron chi connectivity index (χ2n) is 10.7. The van der Waals surface area contributed by atoms with Crippen LogP contribution in [0.15, 0.2) is 78.1 Å². The third-order valence-corrected chi connectivity index (χ3v) is 7.79. The van der Waals surface area contributed by atoms with E-state index in [2.05, 4.69) is 25.0 Å². The number of para-hydroxylation sites is 1. The van der Waals surface area contributed by atoms with Gasteiger partial charge in [0.15, 0.2) is 5.82 Å². The quantitative estimate of drug-likeness (QED) is 0.235. The lowest BCUT2D eigenvalue weighted by molar-refractivity contribution is 0.607. The number of aromatic nitrogens is 6. The van der Waals surface area contributed by atoms with Crippen molar-refractivity contribution in [1.82, 2.24) is 29.1 Å². The molecule has 0 aliphatic carbocycles. The Labute approximate surface area is 248 Å². The predicted octanol–water partition coefficient (Wildman–Crippen LogP) is 4.34. The van der Waals surface area contributed by atoms with Gasteiger partial charge in [0.2, 0.25) is 10.0 Å². The second kappa shape index (κ2) is 10.6. The SMILES string of the molecule is Cc1ccn2nc(C(C)Nc3ncnc4[nH]cc(-c5cc(NS(C)(=O)=O)cc(N(C)C)c5)c34)n(-c3ccccc3)c(=O)c12. The first-order valence-electron chi connectivity index (χ1n) is 13.6. The maximum atomic E-state index is 13.8. The molecule has 0 aliphatic heterocycles. The van der Waals surface area contributed by atoms with Gasteiger partial charge in [-0.3, -0.25) is 14.1 Å². The molecule has 1 unspecified atom stereocenters. The molecule has 13 heteroatoms. The number of H-pyrrole nitrogens is 1. The smallest absolute Gasteiger partial charge is 0.282 e. The van der Waals surface area contributed by atoms with Crippen LogP contribution in [0.25, 0.3) is 33.4 Å². The van der Waals surface area contributed by atoms with Crippen LogP contribution in [0.5, 0.6) is 0 Å². The van der Waals surface area contributed by atoms with E-state index < -0.39 is 16.1 Å². The van der Waals surface area contributed by atoms with Gasteiger partial charge in [0, 0.05) is 37.7 Å². The zero-order valence-corrected chi connectivity index (χ0v) is 25.1. The summed E-state index contributed by atoms with van der Waals surface area (Å²) in [5, 5.41) is 9.03. The van der Waals surface area contributed by atoms with Gasteiger partial charge in [-0.2, -0.15) is 5.10 Å². The first-order chi connectivity index (χ1) is 20.5. The van der Waals surface area contributed by atoms with E-state index >= 15 is 0 Å². The van der Waals surface area contributed by atoms with Crippen molar-refractivity contribution in [3.05, 3.63) is 95.1 Å². The van der Waals surface area contributed by atoms with Gasteiger partial charge in [0.05, 0.1) is 29.1 Å². The molecule has 43 heavy (non-hydrogen) atoms.